The van der Waals surface area contributed by atoms with Crippen molar-refractivity contribution in [1.82, 2.24) is 9.80 Å². The molecule has 5 nitrogen and oxygen atoms in total. The number of carbonyl (C=O) groups excluding carboxylic acids is 1. The van der Waals surface area contributed by atoms with Gasteiger partial charge in [0, 0.05) is 45.2 Å². The van der Waals surface area contributed by atoms with Crippen LogP contribution in [-0.2, 0) is 16.1 Å². The fourth-order valence-corrected chi connectivity index (χ4v) is 3.90. The summed E-state index contributed by atoms with van der Waals surface area (Å²) in [4.78, 5) is 16.7. The van der Waals surface area contributed by atoms with E-state index in [9.17, 15) is 9.90 Å². The second-order valence-corrected chi connectivity index (χ2v) is 7.12. The van der Waals surface area contributed by atoms with Crippen molar-refractivity contribution in [2.24, 2.45) is 0 Å². The molecular formula is C20H30N2O3. The van der Waals surface area contributed by atoms with Crippen molar-refractivity contribution in [3.8, 4) is 0 Å². The molecule has 2 aliphatic rings. The minimum Gasteiger partial charge on any atom is -0.391 e. The van der Waals surface area contributed by atoms with Crippen molar-refractivity contribution < 1.29 is 14.6 Å². The number of carbonyl (C=O) groups is 1. The van der Waals surface area contributed by atoms with Crippen LogP contribution in [0, 0.1) is 0 Å². The van der Waals surface area contributed by atoms with Crippen molar-refractivity contribution >= 4 is 5.91 Å². The summed E-state index contributed by atoms with van der Waals surface area (Å²) >= 11 is 0. The van der Waals surface area contributed by atoms with Gasteiger partial charge < -0.3 is 14.7 Å². The largest absolute Gasteiger partial charge is 0.391 e. The van der Waals surface area contributed by atoms with Gasteiger partial charge >= 0.3 is 0 Å². The number of hydrogen-bond donors (Lipinski definition) is 1. The average molecular weight is 346 g/mol. The van der Waals surface area contributed by atoms with Crippen LogP contribution < -0.4 is 0 Å². The normalized spacial score (nSPS) is 24.6. The smallest absolute Gasteiger partial charge is 0.222 e. The van der Waals surface area contributed by atoms with Crippen LogP contribution in [0.25, 0.3) is 0 Å². The van der Waals surface area contributed by atoms with Crippen LogP contribution in [0.15, 0.2) is 30.3 Å². The van der Waals surface area contributed by atoms with Gasteiger partial charge in [0.1, 0.15) is 0 Å². The highest BCUT2D eigenvalue weighted by atomic mass is 16.5. The van der Waals surface area contributed by atoms with Crippen molar-refractivity contribution in [2.45, 2.75) is 50.9 Å². The van der Waals surface area contributed by atoms with Crippen LogP contribution in [0.5, 0.6) is 0 Å². The monoisotopic (exact) mass is 346 g/mol. The lowest BCUT2D eigenvalue weighted by atomic mass is 10.1. The van der Waals surface area contributed by atoms with Crippen LogP contribution in [0.3, 0.4) is 0 Å². The zero-order chi connectivity index (χ0) is 17.5. The van der Waals surface area contributed by atoms with E-state index in [4.69, 9.17) is 4.74 Å². The van der Waals surface area contributed by atoms with Gasteiger partial charge in [-0.1, -0.05) is 30.3 Å². The summed E-state index contributed by atoms with van der Waals surface area (Å²) in [6, 6.07) is 10.4. The first kappa shape index (κ1) is 18.4. The predicted octanol–water partition coefficient (Wildman–Crippen LogP) is 2.04. The molecule has 1 saturated heterocycles. The van der Waals surface area contributed by atoms with Crippen molar-refractivity contribution in [1.29, 1.82) is 0 Å². The van der Waals surface area contributed by atoms with E-state index in [0.29, 0.717) is 25.7 Å². The maximum absolute atomic E-state index is 12.3. The van der Waals surface area contributed by atoms with Crippen LogP contribution in [0.2, 0.25) is 0 Å². The molecule has 1 heterocycles. The number of rotatable bonds is 7. The summed E-state index contributed by atoms with van der Waals surface area (Å²) in [5, 5.41) is 10.0. The lowest BCUT2D eigenvalue weighted by Crippen LogP contribution is -2.53. The number of aliphatic hydroxyl groups is 1. The molecule has 1 aromatic carbocycles. The van der Waals surface area contributed by atoms with Crippen molar-refractivity contribution in [2.75, 3.05) is 32.8 Å². The molecule has 138 valence electrons. The minimum absolute atomic E-state index is 0.177. The van der Waals surface area contributed by atoms with Gasteiger partial charge in [-0.05, 0) is 31.2 Å². The first-order chi connectivity index (χ1) is 12.2. The molecule has 1 saturated carbocycles. The zero-order valence-electron chi connectivity index (χ0n) is 15.0. The van der Waals surface area contributed by atoms with Crippen LogP contribution in [-0.4, -0.2) is 65.7 Å². The Hall–Kier alpha value is -1.43. The van der Waals surface area contributed by atoms with Gasteiger partial charge in [0.15, 0.2) is 0 Å². The molecule has 0 radical (unpaired) electrons. The van der Waals surface area contributed by atoms with Gasteiger partial charge in [-0.3, -0.25) is 9.69 Å². The molecule has 5 heteroatoms. The Morgan fingerprint density at radius 2 is 1.88 bits per heavy atom. The first-order valence-corrected chi connectivity index (χ1v) is 9.55. The van der Waals surface area contributed by atoms with E-state index in [0.717, 1.165) is 51.9 Å². The van der Waals surface area contributed by atoms with E-state index in [2.05, 4.69) is 4.90 Å². The molecule has 1 aliphatic carbocycles. The van der Waals surface area contributed by atoms with Gasteiger partial charge in [-0.15, -0.1) is 0 Å². The number of hydrogen-bond acceptors (Lipinski definition) is 4. The average Bonchev–Trinajstić information content (AvgIpc) is 3.08. The van der Waals surface area contributed by atoms with E-state index in [1.807, 2.05) is 35.2 Å². The third-order valence-electron chi connectivity index (χ3n) is 5.37. The summed E-state index contributed by atoms with van der Waals surface area (Å²) in [5.41, 5.74) is 1.17. The third-order valence-corrected chi connectivity index (χ3v) is 5.37. The number of benzene rings is 1. The summed E-state index contributed by atoms with van der Waals surface area (Å²) in [6.45, 7) is 4.57. The molecule has 0 bridgehead atoms. The van der Waals surface area contributed by atoms with E-state index >= 15 is 0 Å². The highest BCUT2D eigenvalue weighted by molar-refractivity contribution is 5.76. The molecule has 2 atom stereocenters. The maximum Gasteiger partial charge on any atom is 0.222 e. The molecule has 1 amide bonds. The van der Waals surface area contributed by atoms with E-state index in [1.54, 1.807) is 0 Å². The van der Waals surface area contributed by atoms with Gasteiger partial charge in [-0.25, -0.2) is 0 Å². The third kappa shape index (κ3) is 5.27. The van der Waals surface area contributed by atoms with Gasteiger partial charge in [0.2, 0.25) is 5.91 Å². The molecule has 0 spiro atoms. The zero-order valence-corrected chi connectivity index (χ0v) is 15.0. The highest BCUT2D eigenvalue weighted by Gasteiger charge is 2.33. The lowest BCUT2D eigenvalue weighted by molar-refractivity contribution is -0.133. The first-order valence-electron chi connectivity index (χ1n) is 9.55. The van der Waals surface area contributed by atoms with Crippen molar-refractivity contribution in [3.63, 3.8) is 0 Å². The number of ether oxygens (including phenoxy) is 1. The Bertz CT molecular complexity index is 529. The molecule has 1 N–H and O–H groups in total. The van der Waals surface area contributed by atoms with E-state index in [1.165, 1.54) is 5.56 Å². The van der Waals surface area contributed by atoms with E-state index < -0.39 is 0 Å². The van der Waals surface area contributed by atoms with Crippen LogP contribution in [0.4, 0.5) is 0 Å². The Kier molecular flexibility index (Phi) is 6.84. The van der Waals surface area contributed by atoms with Crippen molar-refractivity contribution in [3.05, 3.63) is 35.9 Å². The topological polar surface area (TPSA) is 53.0 Å². The Morgan fingerprint density at radius 3 is 2.56 bits per heavy atom. The Balaban J connectivity index is 1.29. The van der Waals surface area contributed by atoms with Crippen LogP contribution in [0.1, 0.15) is 37.7 Å². The fourth-order valence-electron chi connectivity index (χ4n) is 3.90. The molecule has 1 aliphatic heterocycles. The lowest BCUT2D eigenvalue weighted by Gasteiger charge is -2.39. The molecule has 2 fully saturated rings. The number of nitrogens with zero attached hydrogens (tertiary/aromatic N) is 2. The Labute approximate surface area is 150 Å². The Morgan fingerprint density at radius 1 is 1.12 bits per heavy atom. The predicted molar refractivity (Wildman–Crippen MR) is 97.1 cm³/mol. The fraction of sp³-hybridized carbons (Fsp3) is 0.650. The molecular weight excluding hydrogens is 316 g/mol. The van der Waals surface area contributed by atoms with Gasteiger partial charge in [-0.2, -0.15) is 0 Å². The molecule has 25 heavy (non-hydrogen) atoms. The van der Waals surface area contributed by atoms with Gasteiger partial charge in [0.25, 0.3) is 0 Å². The summed E-state index contributed by atoms with van der Waals surface area (Å²) in [6.07, 6.45) is 4.28. The summed E-state index contributed by atoms with van der Waals surface area (Å²) in [5.74, 6) is 0.231. The van der Waals surface area contributed by atoms with Gasteiger partial charge in [0.05, 0.1) is 12.7 Å². The SMILES string of the molecule is O=C(CCCOCc1ccccc1)N1CCN([C@@H]2CCC[C@H]2O)CC1. The second kappa shape index (κ2) is 9.32. The summed E-state index contributed by atoms with van der Waals surface area (Å²) in [7, 11) is 0. The van der Waals surface area contributed by atoms with Crippen LogP contribution >= 0.6 is 0 Å². The number of piperazine rings is 1. The number of amides is 1. The summed E-state index contributed by atoms with van der Waals surface area (Å²) < 4.78 is 5.65. The molecule has 1 aromatic rings. The van der Waals surface area contributed by atoms with E-state index in [-0.39, 0.29) is 12.0 Å². The quantitative estimate of drug-likeness (QED) is 0.768. The second-order valence-electron chi connectivity index (χ2n) is 7.12. The maximum atomic E-state index is 12.3. The number of aliphatic hydroxyl groups excluding tert-OH is 1. The molecule has 3 rings (SSSR count). The highest BCUT2D eigenvalue weighted by Crippen LogP contribution is 2.25. The molecule has 0 aromatic heterocycles. The minimum atomic E-state index is -0.177. The standard InChI is InChI=1S/C20H30N2O3/c23-19-9-4-8-18(19)21-11-13-22(14-12-21)20(24)10-5-15-25-16-17-6-2-1-3-7-17/h1-3,6-7,18-19,23H,4-5,8-16H2/t18-,19-/m1/s1. The molecule has 0 unspecified atom stereocenters.